The SMILES string of the molecule is C=CCONC(=O)C(=C)C. The van der Waals surface area contributed by atoms with Gasteiger partial charge in [0.15, 0.2) is 0 Å². The van der Waals surface area contributed by atoms with Gasteiger partial charge in [-0.2, -0.15) is 0 Å². The molecule has 3 heteroatoms. The third-order valence-electron chi connectivity index (χ3n) is 0.754. The molecule has 3 nitrogen and oxygen atoms in total. The third-order valence-corrected chi connectivity index (χ3v) is 0.754. The molecule has 0 aromatic rings. The van der Waals surface area contributed by atoms with E-state index in [0.29, 0.717) is 12.2 Å². The maximum absolute atomic E-state index is 10.6. The molecular weight excluding hydrogens is 130 g/mol. The molecule has 0 aliphatic carbocycles. The fourth-order valence-electron chi connectivity index (χ4n) is 0.253. The van der Waals surface area contributed by atoms with Crippen molar-refractivity contribution in [2.75, 3.05) is 6.61 Å². The third kappa shape index (κ3) is 3.86. The van der Waals surface area contributed by atoms with Gasteiger partial charge in [0.1, 0.15) is 0 Å². The molecule has 1 amide bonds. The Morgan fingerprint density at radius 2 is 2.40 bits per heavy atom. The predicted molar refractivity (Wildman–Crippen MR) is 39.1 cm³/mol. The molecule has 0 aliphatic heterocycles. The largest absolute Gasteiger partial charge is 0.269 e. The minimum atomic E-state index is -0.304. The van der Waals surface area contributed by atoms with E-state index in [1.807, 2.05) is 0 Å². The topological polar surface area (TPSA) is 38.3 Å². The second-order valence-corrected chi connectivity index (χ2v) is 1.81. The number of carbonyl (C=O) groups is 1. The van der Waals surface area contributed by atoms with Gasteiger partial charge in [-0.25, -0.2) is 5.48 Å². The van der Waals surface area contributed by atoms with Crippen LogP contribution in [0.5, 0.6) is 0 Å². The second kappa shape index (κ2) is 4.76. The molecule has 0 radical (unpaired) electrons. The fraction of sp³-hybridized carbons (Fsp3) is 0.286. The summed E-state index contributed by atoms with van der Waals surface area (Å²) in [6.07, 6.45) is 1.54. The van der Waals surface area contributed by atoms with E-state index in [1.165, 1.54) is 0 Å². The molecule has 0 unspecified atom stereocenters. The van der Waals surface area contributed by atoms with Crippen molar-refractivity contribution in [3.63, 3.8) is 0 Å². The first-order valence-corrected chi connectivity index (χ1v) is 2.87. The van der Waals surface area contributed by atoms with E-state index in [4.69, 9.17) is 0 Å². The fourth-order valence-corrected chi connectivity index (χ4v) is 0.253. The molecule has 0 aromatic heterocycles. The zero-order chi connectivity index (χ0) is 7.98. The lowest BCUT2D eigenvalue weighted by Crippen LogP contribution is -2.23. The van der Waals surface area contributed by atoms with Gasteiger partial charge >= 0.3 is 0 Å². The van der Waals surface area contributed by atoms with Crippen LogP contribution in [-0.4, -0.2) is 12.5 Å². The van der Waals surface area contributed by atoms with E-state index in [-0.39, 0.29) is 5.91 Å². The maximum atomic E-state index is 10.6. The highest BCUT2D eigenvalue weighted by molar-refractivity contribution is 5.91. The van der Waals surface area contributed by atoms with Gasteiger partial charge in [-0.15, -0.1) is 6.58 Å². The molecule has 0 saturated carbocycles. The number of amides is 1. The highest BCUT2D eigenvalue weighted by atomic mass is 16.6. The smallest absolute Gasteiger partial charge is 0.269 e. The van der Waals surface area contributed by atoms with Crippen LogP contribution < -0.4 is 5.48 Å². The van der Waals surface area contributed by atoms with Gasteiger partial charge in [0.05, 0.1) is 6.61 Å². The van der Waals surface area contributed by atoms with E-state index >= 15 is 0 Å². The van der Waals surface area contributed by atoms with Gasteiger partial charge in [0.2, 0.25) is 0 Å². The minimum Gasteiger partial charge on any atom is -0.269 e. The van der Waals surface area contributed by atoms with Crippen molar-refractivity contribution in [1.82, 2.24) is 5.48 Å². The quantitative estimate of drug-likeness (QED) is 0.272. The zero-order valence-electron chi connectivity index (χ0n) is 6.02. The Morgan fingerprint density at radius 1 is 1.80 bits per heavy atom. The average molecular weight is 141 g/mol. The van der Waals surface area contributed by atoms with Crippen LogP contribution >= 0.6 is 0 Å². The van der Waals surface area contributed by atoms with Crippen LogP contribution in [0, 0.1) is 0 Å². The highest BCUT2D eigenvalue weighted by Crippen LogP contribution is 1.84. The van der Waals surface area contributed by atoms with Crippen molar-refractivity contribution < 1.29 is 9.63 Å². The number of nitrogens with one attached hydrogen (secondary N) is 1. The Kier molecular flexibility index (Phi) is 4.24. The van der Waals surface area contributed by atoms with Gasteiger partial charge in [-0.05, 0) is 6.92 Å². The van der Waals surface area contributed by atoms with Crippen molar-refractivity contribution in [1.29, 1.82) is 0 Å². The highest BCUT2D eigenvalue weighted by Gasteiger charge is 1.97. The Bertz CT molecular complexity index is 152. The Morgan fingerprint density at radius 3 is 2.80 bits per heavy atom. The van der Waals surface area contributed by atoms with Crippen molar-refractivity contribution in [3.05, 3.63) is 24.8 Å². The van der Waals surface area contributed by atoms with Crippen LogP contribution in [-0.2, 0) is 9.63 Å². The Hall–Kier alpha value is -1.09. The van der Waals surface area contributed by atoms with Crippen LogP contribution in [0.25, 0.3) is 0 Å². The van der Waals surface area contributed by atoms with Gasteiger partial charge in [-0.3, -0.25) is 9.63 Å². The Labute approximate surface area is 60.3 Å². The van der Waals surface area contributed by atoms with E-state index in [9.17, 15) is 4.79 Å². The monoisotopic (exact) mass is 141 g/mol. The zero-order valence-corrected chi connectivity index (χ0v) is 6.02. The van der Waals surface area contributed by atoms with Crippen molar-refractivity contribution in [2.45, 2.75) is 6.92 Å². The summed E-state index contributed by atoms with van der Waals surface area (Å²) in [5, 5.41) is 0. The second-order valence-electron chi connectivity index (χ2n) is 1.81. The summed E-state index contributed by atoms with van der Waals surface area (Å²) in [7, 11) is 0. The molecule has 0 fully saturated rings. The van der Waals surface area contributed by atoms with Gasteiger partial charge in [0.25, 0.3) is 5.91 Å². The molecule has 0 spiro atoms. The number of carbonyl (C=O) groups excluding carboxylic acids is 1. The number of hydrogen-bond donors (Lipinski definition) is 1. The lowest BCUT2D eigenvalue weighted by Gasteiger charge is -2.01. The molecule has 1 N–H and O–H groups in total. The molecule has 0 rings (SSSR count). The van der Waals surface area contributed by atoms with Crippen LogP contribution in [0.1, 0.15) is 6.92 Å². The van der Waals surface area contributed by atoms with Gasteiger partial charge in [0, 0.05) is 5.57 Å². The van der Waals surface area contributed by atoms with Crippen LogP contribution in [0.3, 0.4) is 0 Å². The lowest BCUT2D eigenvalue weighted by atomic mass is 10.3. The van der Waals surface area contributed by atoms with E-state index in [1.54, 1.807) is 13.0 Å². The van der Waals surface area contributed by atoms with Gasteiger partial charge in [-0.1, -0.05) is 12.7 Å². The first-order valence-electron chi connectivity index (χ1n) is 2.87. The standard InChI is InChI=1S/C7H11NO2/c1-4-5-10-8-7(9)6(2)3/h4H,1-2,5H2,3H3,(H,8,9). The summed E-state index contributed by atoms with van der Waals surface area (Å²) in [6, 6.07) is 0. The first kappa shape index (κ1) is 8.91. The molecule has 0 atom stereocenters. The normalized spacial score (nSPS) is 8.50. The van der Waals surface area contributed by atoms with Crippen molar-refractivity contribution in [3.8, 4) is 0 Å². The molecule has 0 bridgehead atoms. The predicted octanol–water partition coefficient (Wildman–Crippen LogP) is 0.796. The molecular formula is C7H11NO2. The number of hydrogen-bond acceptors (Lipinski definition) is 2. The summed E-state index contributed by atoms with van der Waals surface area (Å²) in [5.74, 6) is -0.304. The molecule has 0 aliphatic rings. The van der Waals surface area contributed by atoms with Crippen LogP contribution in [0.2, 0.25) is 0 Å². The molecule has 56 valence electrons. The maximum Gasteiger partial charge on any atom is 0.269 e. The summed E-state index contributed by atoms with van der Waals surface area (Å²) >= 11 is 0. The van der Waals surface area contributed by atoms with Gasteiger partial charge < -0.3 is 0 Å². The van der Waals surface area contributed by atoms with Crippen LogP contribution in [0.4, 0.5) is 0 Å². The van der Waals surface area contributed by atoms with Crippen molar-refractivity contribution >= 4 is 5.91 Å². The van der Waals surface area contributed by atoms with E-state index < -0.39 is 0 Å². The number of hydroxylamine groups is 1. The minimum absolute atomic E-state index is 0.304. The van der Waals surface area contributed by atoms with Crippen molar-refractivity contribution in [2.24, 2.45) is 0 Å². The lowest BCUT2D eigenvalue weighted by molar-refractivity contribution is -0.128. The molecule has 0 saturated heterocycles. The summed E-state index contributed by atoms with van der Waals surface area (Å²) in [4.78, 5) is 15.3. The molecule has 0 heterocycles. The summed E-state index contributed by atoms with van der Waals surface area (Å²) in [5.41, 5.74) is 2.59. The van der Waals surface area contributed by atoms with Crippen LogP contribution in [0.15, 0.2) is 24.8 Å². The summed E-state index contributed by atoms with van der Waals surface area (Å²) in [6.45, 7) is 8.73. The Balaban J connectivity index is 3.40. The first-order chi connectivity index (χ1) is 4.68. The summed E-state index contributed by atoms with van der Waals surface area (Å²) < 4.78 is 0. The van der Waals surface area contributed by atoms with E-state index in [0.717, 1.165) is 0 Å². The average Bonchev–Trinajstić information content (AvgIpc) is 1.88. The molecule has 10 heavy (non-hydrogen) atoms. The number of rotatable bonds is 4. The molecule has 0 aromatic carbocycles. The van der Waals surface area contributed by atoms with E-state index in [2.05, 4.69) is 23.5 Å².